The summed E-state index contributed by atoms with van der Waals surface area (Å²) in [6.07, 6.45) is 0. The predicted molar refractivity (Wildman–Crippen MR) is 114 cm³/mol. The van der Waals surface area contributed by atoms with Crippen molar-refractivity contribution in [1.82, 2.24) is 0 Å². The minimum absolute atomic E-state index is 0.0876. The summed E-state index contributed by atoms with van der Waals surface area (Å²) in [4.78, 5) is 14.6. The van der Waals surface area contributed by atoms with E-state index in [1.54, 1.807) is 0 Å². The van der Waals surface area contributed by atoms with Gasteiger partial charge < -0.3 is 9.73 Å². The largest absolute Gasteiger partial charge is 0.456 e. The Bertz CT molecular complexity index is 1120. The SMILES string of the molecule is CC(=O)Nc1ccc([NH+]=c2cc(-c3ccccc3)oc(-c3ccccc3)c2)cc1. The highest BCUT2D eigenvalue weighted by Gasteiger charge is 2.09. The lowest BCUT2D eigenvalue weighted by atomic mass is 10.1. The van der Waals surface area contributed by atoms with E-state index < -0.39 is 0 Å². The van der Waals surface area contributed by atoms with Crippen LogP contribution in [0.5, 0.6) is 0 Å². The molecule has 3 aromatic carbocycles. The van der Waals surface area contributed by atoms with Crippen LogP contribution in [0.15, 0.2) is 101 Å². The quantitative estimate of drug-likeness (QED) is 0.564. The first-order valence-electron chi connectivity index (χ1n) is 9.41. The zero-order valence-corrected chi connectivity index (χ0v) is 16.1. The van der Waals surface area contributed by atoms with E-state index in [0.29, 0.717) is 0 Å². The third kappa shape index (κ3) is 4.68. The fourth-order valence-corrected chi connectivity index (χ4v) is 3.07. The van der Waals surface area contributed by atoms with E-state index in [2.05, 4.69) is 10.3 Å². The lowest BCUT2D eigenvalue weighted by Crippen LogP contribution is -2.70. The van der Waals surface area contributed by atoms with Crippen LogP contribution in [0, 0.1) is 0 Å². The summed E-state index contributed by atoms with van der Waals surface area (Å²) >= 11 is 0. The van der Waals surface area contributed by atoms with Gasteiger partial charge in [-0.15, -0.1) is 0 Å². The van der Waals surface area contributed by atoms with Crippen LogP contribution in [0.2, 0.25) is 0 Å². The number of rotatable bonds is 4. The second-order valence-corrected chi connectivity index (χ2v) is 6.69. The smallest absolute Gasteiger partial charge is 0.221 e. The van der Waals surface area contributed by atoms with E-state index in [1.165, 1.54) is 6.92 Å². The molecule has 0 atom stereocenters. The van der Waals surface area contributed by atoms with Gasteiger partial charge >= 0.3 is 0 Å². The molecule has 1 aromatic heterocycles. The normalized spacial score (nSPS) is 10.4. The van der Waals surface area contributed by atoms with Gasteiger partial charge in [0, 0.05) is 35.9 Å². The molecule has 0 saturated heterocycles. The standard InChI is InChI=1S/C25H20N2O2/c1-18(28)26-21-12-14-22(15-13-21)27-23-16-24(19-8-4-2-5-9-19)29-25(17-23)20-10-6-3-7-11-20/h2-17H,1H3,(H,26,28)/p+1. The van der Waals surface area contributed by atoms with Gasteiger partial charge in [0.25, 0.3) is 0 Å². The van der Waals surface area contributed by atoms with Crippen LogP contribution in [-0.2, 0) is 4.79 Å². The first kappa shape index (κ1) is 18.4. The average molecular weight is 381 g/mol. The molecule has 0 saturated carbocycles. The van der Waals surface area contributed by atoms with Crippen LogP contribution in [0.25, 0.3) is 22.6 Å². The van der Waals surface area contributed by atoms with Crippen molar-refractivity contribution in [2.24, 2.45) is 0 Å². The summed E-state index contributed by atoms with van der Waals surface area (Å²) < 4.78 is 6.20. The Morgan fingerprint density at radius 3 is 1.76 bits per heavy atom. The summed E-state index contributed by atoms with van der Waals surface area (Å²) in [6, 6.07) is 31.6. The van der Waals surface area contributed by atoms with Crippen LogP contribution in [-0.4, -0.2) is 5.91 Å². The lowest BCUT2D eigenvalue weighted by Gasteiger charge is -2.05. The number of hydrogen-bond acceptors (Lipinski definition) is 2. The second-order valence-electron chi connectivity index (χ2n) is 6.69. The Kier molecular flexibility index (Phi) is 5.34. The minimum Gasteiger partial charge on any atom is -0.456 e. The summed E-state index contributed by atoms with van der Waals surface area (Å²) in [6.45, 7) is 1.50. The molecule has 4 heteroatoms. The molecule has 142 valence electrons. The fraction of sp³-hybridized carbons (Fsp3) is 0.0400. The molecule has 0 aliphatic carbocycles. The molecule has 0 unspecified atom stereocenters. The van der Waals surface area contributed by atoms with Crippen molar-refractivity contribution in [2.45, 2.75) is 6.92 Å². The van der Waals surface area contributed by atoms with Gasteiger partial charge in [-0.3, -0.25) is 4.79 Å². The van der Waals surface area contributed by atoms with Gasteiger partial charge in [0.1, 0.15) is 11.5 Å². The van der Waals surface area contributed by atoms with Gasteiger partial charge in [0.15, 0.2) is 0 Å². The van der Waals surface area contributed by atoms with Crippen molar-refractivity contribution < 1.29 is 14.2 Å². The molecular formula is C25H21N2O2+. The number of carbonyl (C=O) groups is 1. The first-order chi connectivity index (χ1) is 14.2. The number of nitrogens with one attached hydrogen (secondary N) is 2. The summed E-state index contributed by atoms with van der Waals surface area (Å²) in [7, 11) is 0. The molecule has 0 aliphatic heterocycles. The van der Waals surface area contributed by atoms with E-state index >= 15 is 0 Å². The molecule has 1 amide bonds. The van der Waals surface area contributed by atoms with Crippen molar-refractivity contribution in [3.05, 3.63) is 102 Å². The van der Waals surface area contributed by atoms with Gasteiger partial charge in [-0.05, 0) is 12.1 Å². The van der Waals surface area contributed by atoms with Gasteiger partial charge in [0.2, 0.25) is 17.0 Å². The second kappa shape index (κ2) is 8.40. The summed E-state index contributed by atoms with van der Waals surface area (Å²) in [5.74, 6) is 1.48. The zero-order valence-electron chi connectivity index (χ0n) is 16.1. The lowest BCUT2D eigenvalue weighted by molar-refractivity contribution is -0.402. The van der Waals surface area contributed by atoms with Crippen LogP contribution < -0.4 is 15.7 Å². The number of benzene rings is 3. The van der Waals surface area contributed by atoms with E-state index in [-0.39, 0.29) is 5.91 Å². The fourth-order valence-electron chi connectivity index (χ4n) is 3.07. The van der Waals surface area contributed by atoms with E-state index in [9.17, 15) is 4.79 Å². The number of anilines is 1. The van der Waals surface area contributed by atoms with Crippen molar-refractivity contribution in [2.75, 3.05) is 5.32 Å². The highest BCUT2D eigenvalue weighted by atomic mass is 16.3. The molecule has 2 N–H and O–H groups in total. The monoisotopic (exact) mass is 381 g/mol. The van der Waals surface area contributed by atoms with E-state index in [0.717, 1.165) is 39.4 Å². The van der Waals surface area contributed by atoms with Gasteiger partial charge in [-0.25, -0.2) is 4.99 Å². The van der Waals surface area contributed by atoms with Gasteiger partial charge in [-0.2, -0.15) is 0 Å². The van der Waals surface area contributed by atoms with Crippen molar-refractivity contribution in [3.8, 4) is 22.6 Å². The Morgan fingerprint density at radius 2 is 1.28 bits per heavy atom. The topological polar surface area (TPSA) is 56.2 Å². The Morgan fingerprint density at radius 1 is 0.759 bits per heavy atom. The maximum absolute atomic E-state index is 11.2. The van der Waals surface area contributed by atoms with E-state index in [4.69, 9.17) is 4.42 Å². The molecule has 0 bridgehead atoms. The van der Waals surface area contributed by atoms with Crippen molar-refractivity contribution >= 4 is 17.3 Å². The number of hydrogen-bond donors (Lipinski definition) is 2. The summed E-state index contributed by atoms with van der Waals surface area (Å²) in [5, 5.41) is 3.69. The van der Waals surface area contributed by atoms with Gasteiger partial charge in [-0.1, -0.05) is 60.7 Å². The highest BCUT2D eigenvalue weighted by Crippen LogP contribution is 2.24. The molecule has 0 aliphatic rings. The minimum atomic E-state index is -0.0876. The molecule has 4 nitrogen and oxygen atoms in total. The van der Waals surface area contributed by atoms with Gasteiger partial charge in [0.05, 0.1) is 12.1 Å². The third-order valence-corrected chi connectivity index (χ3v) is 4.40. The zero-order chi connectivity index (χ0) is 20.1. The maximum atomic E-state index is 11.2. The van der Waals surface area contributed by atoms with Crippen LogP contribution in [0.4, 0.5) is 11.4 Å². The molecule has 29 heavy (non-hydrogen) atoms. The third-order valence-electron chi connectivity index (χ3n) is 4.40. The predicted octanol–water partition coefficient (Wildman–Crippen LogP) is 3.89. The molecule has 0 spiro atoms. The van der Waals surface area contributed by atoms with Crippen molar-refractivity contribution in [3.63, 3.8) is 0 Å². The molecule has 4 aromatic rings. The first-order valence-corrected chi connectivity index (χ1v) is 9.41. The highest BCUT2D eigenvalue weighted by molar-refractivity contribution is 5.88. The van der Waals surface area contributed by atoms with Crippen molar-refractivity contribution in [1.29, 1.82) is 0 Å². The Hall–Kier alpha value is -3.92. The Labute approximate surface area is 169 Å². The van der Waals surface area contributed by atoms with E-state index in [1.807, 2.05) is 97.1 Å². The van der Waals surface area contributed by atoms with Crippen LogP contribution in [0.3, 0.4) is 0 Å². The van der Waals surface area contributed by atoms with Crippen LogP contribution >= 0.6 is 0 Å². The summed E-state index contributed by atoms with van der Waals surface area (Å²) in [5.41, 5.74) is 3.70. The average Bonchev–Trinajstić information content (AvgIpc) is 2.76. The number of amides is 1. The molecule has 0 fully saturated rings. The molecule has 4 rings (SSSR count). The Balaban J connectivity index is 1.80. The molecule has 0 radical (unpaired) electrons. The van der Waals surface area contributed by atoms with Crippen LogP contribution in [0.1, 0.15) is 6.92 Å². The molecule has 1 heterocycles. The molecular weight excluding hydrogens is 360 g/mol. The maximum Gasteiger partial charge on any atom is 0.221 e. The number of carbonyl (C=O) groups excluding carboxylic acids is 1.